The van der Waals surface area contributed by atoms with Crippen molar-refractivity contribution in [1.29, 1.82) is 0 Å². The summed E-state index contributed by atoms with van der Waals surface area (Å²) >= 11 is 0. The van der Waals surface area contributed by atoms with E-state index in [2.05, 4.69) is 226 Å². The second kappa shape index (κ2) is 62.0. The maximum Gasteiger partial charge on any atom is 0.223 e. The van der Waals surface area contributed by atoms with Gasteiger partial charge in [-0.15, -0.1) is 0 Å². The Balaban J connectivity index is 0.000000399. The minimum absolute atomic E-state index is 0.376. The highest BCUT2D eigenvalue weighted by Crippen LogP contribution is 2.28. The minimum Gasteiger partial charge on any atom is -0.345 e. The first-order chi connectivity index (χ1) is 50.2. The Morgan fingerprint density at radius 1 is 0.346 bits per heavy atom. The first kappa shape index (κ1) is 99.5. The van der Waals surface area contributed by atoms with Gasteiger partial charge >= 0.3 is 0 Å². The van der Waals surface area contributed by atoms with Gasteiger partial charge in [-0.3, -0.25) is 0 Å². The second-order valence-electron chi connectivity index (χ2n) is 35.6. The highest BCUT2D eigenvalue weighted by molar-refractivity contribution is 6.59. The van der Waals surface area contributed by atoms with E-state index in [0.717, 1.165) is 86.2 Å². The fraction of sp³-hybridized carbons (Fsp3) is 0.930. The molecule has 0 spiro atoms. The van der Waals surface area contributed by atoms with E-state index < -0.39 is 0 Å². The summed E-state index contributed by atoms with van der Waals surface area (Å²) < 4.78 is 0. The summed E-state index contributed by atoms with van der Waals surface area (Å²) in [6.07, 6.45) is 55.9. The summed E-state index contributed by atoms with van der Waals surface area (Å²) in [5, 5.41) is 0. The molecule has 9 saturated heterocycles. The van der Waals surface area contributed by atoms with Crippen molar-refractivity contribution in [1.82, 2.24) is 43.3 Å². The van der Waals surface area contributed by atoms with Gasteiger partial charge in [-0.1, -0.05) is 333 Å². The van der Waals surface area contributed by atoms with E-state index in [-0.39, 0.29) is 0 Å². The highest BCUT2D eigenvalue weighted by atomic mass is 15.1. The SMILES string of the molecule is CCB1CCCCN1C.CCB1CCCCN1C(C)(C)C.CCB1CCCCN1C(C)C.CCB1CCCCN1C(C)CC.CCB1CCCCN1CC.CCB1CCCCN1CC(C)C.CCB1CCCCN1Cc1ccccc1.CCCCN1CCCCB1CC.CCCN1CCCCB1CC. The van der Waals surface area contributed by atoms with Crippen molar-refractivity contribution in [2.24, 2.45) is 5.92 Å². The molecule has 0 amide bonds. The molecule has 10 rings (SSSR count). The largest absolute Gasteiger partial charge is 0.345 e. The van der Waals surface area contributed by atoms with E-state index in [1.165, 1.54) is 346 Å². The third-order valence-electron chi connectivity index (χ3n) is 26.1. The summed E-state index contributed by atoms with van der Waals surface area (Å²) in [6.45, 7) is 74.8. The number of hydrogen-bond donors (Lipinski definition) is 0. The molecule has 0 aromatic heterocycles. The normalized spacial score (nSPS) is 20.9. The van der Waals surface area contributed by atoms with Crippen molar-refractivity contribution >= 4 is 61.6 Å². The first-order valence-corrected chi connectivity index (χ1v) is 46.9. The maximum absolute atomic E-state index is 2.71. The average molecular weight is 1440 g/mol. The van der Waals surface area contributed by atoms with Gasteiger partial charge in [0, 0.05) is 12.1 Å². The van der Waals surface area contributed by atoms with Crippen LogP contribution in [-0.2, 0) is 6.54 Å². The van der Waals surface area contributed by atoms with E-state index in [0.29, 0.717) is 5.54 Å². The van der Waals surface area contributed by atoms with Gasteiger partial charge < -0.3 is 43.3 Å². The van der Waals surface area contributed by atoms with Crippen LogP contribution in [-0.4, -0.2) is 215 Å². The Bertz CT molecular complexity index is 2050. The fourth-order valence-corrected chi connectivity index (χ4v) is 19.4. The Hall–Kier alpha value is -0.556. The van der Waals surface area contributed by atoms with Crippen molar-refractivity contribution in [2.45, 2.75) is 425 Å². The molecule has 9 nitrogen and oxygen atoms in total. The number of benzene rings is 1. The Kier molecular flexibility index (Phi) is 59.3. The van der Waals surface area contributed by atoms with Crippen LogP contribution in [0.5, 0.6) is 0 Å². The molecule has 1 aromatic rings. The Morgan fingerprint density at radius 3 is 1.08 bits per heavy atom. The predicted molar refractivity (Wildman–Crippen MR) is 489 cm³/mol. The van der Waals surface area contributed by atoms with E-state index in [1.54, 1.807) is 0 Å². The van der Waals surface area contributed by atoms with Gasteiger partial charge in [0.15, 0.2) is 0 Å². The summed E-state index contributed by atoms with van der Waals surface area (Å²) in [7, 11) is 2.24. The third kappa shape index (κ3) is 41.3. The first-order valence-electron chi connectivity index (χ1n) is 46.9. The van der Waals surface area contributed by atoms with Gasteiger partial charge in [0.05, 0.1) is 0 Å². The van der Waals surface area contributed by atoms with Crippen molar-refractivity contribution in [3.63, 3.8) is 0 Å². The molecule has 1 atom stereocenters. The molecule has 1 aromatic carbocycles. The molecule has 9 aliphatic heterocycles. The molecule has 0 radical (unpaired) electrons. The van der Waals surface area contributed by atoms with Crippen LogP contribution in [0.15, 0.2) is 30.3 Å². The lowest BCUT2D eigenvalue weighted by Gasteiger charge is -2.43. The number of unbranched alkanes of at least 4 members (excludes halogenated alkanes) is 1. The van der Waals surface area contributed by atoms with Gasteiger partial charge in [-0.05, 0) is 214 Å². The zero-order chi connectivity index (χ0) is 76.9. The van der Waals surface area contributed by atoms with Crippen molar-refractivity contribution < 1.29 is 0 Å². The zero-order valence-corrected chi connectivity index (χ0v) is 75.0. The zero-order valence-electron chi connectivity index (χ0n) is 75.0. The lowest BCUT2D eigenvalue weighted by atomic mass is 9.50. The molecule has 0 aliphatic carbocycles. The van der Waals surface area contributed by atoms with Crippen molar-refractivity contribution in [2.75, 3.05) is 92.1 Å². The maximum atomic E-state index is 2.71. The van der Waals surface area contributed by atoms with Gasteiger partial charge in [0.1, 0.15) is 0 Å². The third-order valence-corrected chi connectivity index (χ3v) is 26.1. The molecular weight excluding hydrogens is 1260 g/mol. The second-order valence-corrected chi connectivity index (χ2v) is 35.6. The van der Waals surface area contributed by atoms with Crippen molar-refractivity contribution in [3.05, 3.63) is 35.9 Å². The summed E-state index contributed by atoms with van der Waals surface area (Å²) in [4.78, 5) is 23.9. The lowest BCUT2D eigenvalue weighted by Crippen LogP contribution is -2.52. The van der Waals surface area contributed by atoms with Crippen LogP contribution in [0.1, 0.15) is 292 Å². The van der Waals surface area contributed by atoms with Crippen LogP contribution in [0.25, 0.3) is 0 Å². The summed E-state index contributed by atoms with van der Waals surface area (Å²) in [5.74, 6) is 0.831. The lowest BCUT2D eigenvalue weighted by molar-refractivity contribution is 0.230. The Labute approximate surface area is 659 Å². The fourth-order valence-electron chi connectivity index (χ4n) is 19.4. The van der Waals surface area contributed by atoms with E-state index >= 15 is 0 Å². The van der Waals surface area contributed by atoms with Crippen LogP contribution >= 0.6 is 0 Å². The molecule has 598 valence electrons. The summed E-state index contributed by atoms with van der Waals surface area (Å²) in [5.41, 5.74) is 1.83. The van der Waals surface area contributed by atoms with Crippen LogP contribution in [0, 0.1) is 5.92 Å². The predicted octanol–water partition coefficient (Wildman–Crippen LogP) is 23.6. The smallest absolute Gasteiger partial charge is 0.223 e. The van der Waals surface area contributed by atoms with E-state index in [1.807, 2.05) is 0 Å². The minimum atomic E-state index is 0.376. The number of hydrogen-bond acceptors (Lipinski definition) is 9. The molecule has 9 heterocycles. The van der Waals surface area contributed by atoms with Gasteiger partial charge in [0.2, 0.25) is 61.6 Å². The molecule has 0 N–H and O–H groups in total. The average Bonchev–Trinajstić information content (AvgIpc) is 0.836. The Morgan fingerprint density at radius 2 is 0.702 bits per heavy atom. The molecular formula is C86H182B9N9. The van der Waals surface area contributed by atoms with Crippen LogP contribution in [0.2, 0.25) is 114 Å². The molecule has 0 saturated carbocycles. The quantitative estimate of drug-likeness (QED) is 0.105. The number of nitrogens with zero attached hydrogens (tertiary/aromatic N) is 9. The van der Waals surface area contributed by atoms with Crippen LogP contribution < -0.4 is 0 Å². The molecule has 9 fully saturated rings. The standard InChI is InChI=1S/C13H20BN.4C10H22BN.2C9H20BN.C8H18BN.C7H16BN/c1-2-14-10-6-7-11-15(14)12-13-8-4-3-5-9-13;1-5-11-8-6-7-9-12(11)10(2,3)4;1-4-11-7-5-6-8-12(11)9-10(2)3;1-4-10(3)12-9-7-6-8-11(12)5-2;1-3-5-9-12-10-7-6-8-11(12)4-2;1-4-10-7-5-6-8-11(10)9(2)3;1-3-8-11-9-6-5-7-10(11)4-2;1-3-9-7-5-6-8-10(9)4-2;1-3-8-6-4-5-7-9(8)2/h3-5,8-9H,2,6-7,10-12H2,1H3;5-9H2,1-4H3;2*10H,4-9H2,1-3H3;3-10H2,1-2H3;9H,4-8H2,1-3H3;3-9H2,1-2H3;3-8H2,1-2H3;3-7H2,1-2H3. The van der Waals surface area contributed by atoms with Gasteiger partial charge in [-0.2, -0.15) is 0 Å². The molecule has 9 aliphatic rings. The molecule has 104 heavy (non-hydrogen) atoms. The van der Waals surface area contributed by atoms with E-state index in [9.17, 15) is 0 Å². The highest BCUT2D eigenvalue weighted by Gasteiger charge is 2.34. The monoisotopic (exact) mass is 1440 g/mol. The molecule has 0 bridgehead atoms. The van der Waals surface area contributed by atoms with Crippen molar-refractivity contribution in [3.8, 4) is 0 Å². The van der Waals surface area contributed by atoms with Gasteiger partial charge in [-0.25, -0.2) is 0 Å². The van der Waals surface area contributed by atoms with Crippen LogP contribution in [0.3, 0.4) is 0 Å². The number of rotatable bonds is 22. The van der Waals surface area contributed by atoms with E-state index in [4.69, 9.17) is 0 Å². The van der Waals surface area contributed by atoms with Crippen LogP contribution in [0.4, 0.5) is 0 Å². The summed E-state index contributed by atoms with van der Waals surface area (Å²) in [6, 6.07) is 12.4. The van der Waals surface area contributed by atoms with Gasteiger partial charge in [0.25, 0.3) is 0 Å². The topological polar surface area (TPSA) is 29.2 Å². The molecule has 18 heteroatoms. The molecule has 1 unspecified atom stereocenters.